The molecule has 1 aliphatic rings. The molecule has 1 heterocycles. The number of hydrogen-bond donors (Lipinski definition) is 1. The number of rotatable bonds is 1. The van der Waals surface area contributed by atoms with Crippen LogP contribution in [-0.4, -0.2) is 36.6 Å². The minimum absolute atomic E-state index is 0.460. The van der Waals surface area contributed by atoms with Gasteiger partial charge in [-0.25, -0.2) is 4.79 Å². The van der Waals surface area contributed by atoms with Gasteiger partial charge in [0, 0.05) is 6.54 Å². The summed E-state index contributed by atoms with van der Waals surface area (Å²) in [6, 6.07) is -0.475. The Hall–Kier alpha value is -1.26. The van der Waals surface area contributed by atoms with Crippen molar-refractivity contribution < 1.29 is 14.3 Å². The summed E-state index contributed by atoms with van der Waals surface area (Å²) in [5.74, 6) is -0.460. The third-order valence-electron chi connectivity index (χ3n) is 1.99. The largest absolute Gasteiger partial charge is 0.453 e. The monoisotopic (exact) mass is 172 g/mol. The predicted octanol–water partition coefficient (Wildman–Crippen LogP) is -0.298. The van der Waals surface area contributed by atoms with Crippen LogP contribution in [0.1, 0.15) is 12.8 Å². The molecule has 5 heteroatoms. The topological polar surface area (TPSA) is 72.6 Å². The fourth-order valence-electron chi connectivity index (χ4n) is 1.40. The highest BCUT2D eigenvalue weighted by molar-refractivity contribution is 5.84. The zero-order valence-electron chi connectivity index (χ0n) is 6.95. The third kappa shape index (κ3) is 1.49. The molecule has 1 aliphatic heterocycles. The number of nitrogens with two attached hydrogens (primary N) is 1. The number of methoxy groups -OCH3 is 1. The van der Waals surface area contributed by atoms with Crippen LogP contribution in [0.25, 0.3) is 0 Å². The first-order valence-corrected chi connectivity index (χ1v) is 3.80. The van der Waals surface area contributed by atoms with E-state index in [4.69, 9.17) is 5.73 Å². The summed E-state index contributed by atoms with van der Waals surface area (Å²) < 4.78 is 4.49. The van der Waals surface area contributed by atoms with Gasteiger partial charge >= 0.3 is 6.09 Å². The number of primary amides is 1. The van der Waals surface area contributed by atoms with Crippen molar-refractivity contribution in [3.63, 3.8) is 0 Å². The van der Waals surface area contributed by atoms with Crippen LogP contribution in [0.3, 0.4) is 0 Å². The van der Waals surface area contributed by atoms with Crippen molar-refractivity contribution in [2.24, 2.45) is 5.73 Å². The molecule has 0 aromatic carbocycles. The molecule has 1 atom stereocenters. The number of carbonyl (C=O) groups is 2. The van der Waals surface area contributed by atoms with Gasteiger partial charge in [-0.2, -0.15) is 0 Å². The third-order valence-corrected chi connectivity index (χ3v) is 1.99. The lowest BCUT2D eigenvalue weighted by Gasteiger charge is -2.19. The lowest BCUT2D eigenvalue weighted by Crippen LogP contribution is -2.43. The molecule has 1 fully saturated rings. The average molecular weight is 172 g/mol. The summed E-state index contributed by atoms with van der Waals surface area (Å²) in [6.07, 6.45) is 0.976. The zero-order chi connectivity index (χ0) is 9.14. The van der Waals surface area contributed by atoms with Crippen LogP contribution in [-0.2, 0) is 9.53 Å². The maximum absolute atomic E-state index is 11.0. The molecule has 1 saturated heterocycles. The Kier molecular flexibility index (Phi) is 2.52. The van der Waals surface area contributed by atoms with Crippen LogP contribution in [0.5, 0.6) is 0 Å². The first-order valence-electron chi connectivity index (χ1n) is 3.80. The van der Waals surface area contributed by atoms with Gasteiger partial charge in [0.25, 0.3) is 0 Å². The van der Waals surface area contributed by atoms with E-state index in [1.807, 2.05) is 0 Å². The van der Waals surface area contributed by atoms with Crippen LogP contribution in [0.15, 0.2) is 0 Å². The summed E-state index contributed by atoms with van der Waals surface area (Å²) in [4.78, 5) is 23.2. The van der Waals surface area contributed by atoms with Gasteiger partial charge < -0.3 is 10.5 Å². The quantitative estimate of drug-likeness (QED) is 0.590. The molecule has 0 aliphatic carbocycles. The second kappa shape index (κ2) is 3.42. The molecule has 12 heavy (non-hydrogen) atoms. The van der Waals surface area contributed by atoms with Crippen molar-refractivity contribution in [3.05, 3.63) is 0 Å². The second-order valence-electron chi connectivity index (χ2n) is 2.72. The van der Waals surface area contributed by atoms with Crippen LogP contribution in [0.2, 0.25) is 0 Å². The van der Waals surface area contributed by atoms with Gasteiger partial charge in [0.15, 0.2) is 0 Å². The molecule has 0 radical (unpaired) electrons. The molecule has 68 valence electrons. The van der Waals surface area contributed by atoms with Crippen LogP contribution >= 0.6 is 0 Å². The smallest absolute Gasteiger partial charge is 0.410 e. The van der Waals surface area contributed by atoms with Gasteiger partial charge in [0.2, 0.25) is 5.91 Å². The summed E-state index contributed by atoms with van der Waals surface area (Å²) in [5, 5.41) is 0. The van der Waals surface area contributed by atoms with Crippen molar-refractivity contribution >= 4 is 12.0 Å². The van der Waals surface area contributed by atoms with Gasteiger partial charge in [0.05, 0.1) is 7.11 Å². The summed E-state index contributed by atoms with van der Waals surface area (Å²) >= 11 is 0. The van der Waals surface area contributed by atoms with E-state index in [9.17, 15) is 9.59 Å². The molecular formula is C7H12N2O3. The molecule has 0 saturated carbocycles. The molecule has 2 amide bonds. The molecule has 2 N–H and O–H groups in total. The fraction of sp³-hybridized carbons (Fsp3) is 0.714. The fourth-order valence-corrected chi connectivity index (χ4v) is 1.40. The predicted molar refractivity (Wildman–Crippen MR) is 41.3 cm³/mol. The van der Waals surface area contributed by atoms with Gasteiger partial charge in [-0.15, -0.1) is 0 Å². The first kappa shape index (κ1) is 8.83. The number of ether oxygens (including phenoxy) is 1. The standard InChI is InChI=1S/C7H12N2O3/c1-12-7(11)9-4-2-3-5(9)6(8)10/h5H,2-4H2,1H3,(H2,8,10)/t5-/m1/s1. The molecule has 0 bridgehead atoms. The minimum Gasteiger partial charge on any atom is -0.453 e. The minimum atomic E-state index is -0.476. The molecular weight excluding hydrogens is 160 g/mol. The van der Waals surface area contributed by atoms with Crippen molar-refractivity contribution in [2.45, 2.75) is 18.9 Å². The van der Waals surface area contributed by atoms with Crippen molar-refractivity contribution in [3.8, 4) is 0 Å². The Bertz CT molecular complexity index is 205. The van der Waals surface area contributed by atoms with Gasteiger partial charge in [0.1, 0.15) is 6.04 Å². The van der Waals surface area contributed by atoms with E-state index in [2.05, 4.69) is 4.74 Å². The van der Waals surface area contributed by atoms with Crippen molar-refractivity contribution in [1.82, 2.24) is 4.90 Å². The van der Waals surface area contributed by atoms with Crippen LogP contribution in [0.4, 0.5) is 4.79 Å². The summed E-state index contributed by atoms with van der Waals surface area (Å²) in [7, 11) is 1.29. The van der Waals surface area contributed by atoms with E-state index in [1.165, 1.54) is 12.0 Å². The van der Waals surface area contributed by atoms with E-state index in [1.54, 1.807) is 0 Å². The molecule has 1 rings (SSSR count). The van der Waals surface area contributed by atoms with Crippen LogP contribution < -0.4 is 5.73 Å². The Morgan fingerprint density at radius 3 is 2.75 bits per heavy atom. The van der Waals surface area contributed by atoms with E-state index >= 15 is 0 Å². The molecule has 0 aromatic rings. The van der Waals surface area contributed by atoms with Crippen molar-refractivity contribution in [2.75, 3.05) is 13.7 Å². The van der Waals surface area contributed by atoms with E-state index < -0.39 is 18.0 Å². The van der Waals surface area contributed by atoms with Gasteiger partial charge in [-0.3, -0.25) is 9.69 Å². The number of hydrogen-bond acceptors (Lipinski definition) is 3. The Morgan fingerprint density at radius 1 is 1.58 bits per heavy atom. The lowest BCUT2D eigenvalue weighted by molar-refractivity contribution is -0.121. The summed E-state index contributed by atoms with van der Waals surface area (Å²) in [6.45, 7) is 0.556. The van der Waals surface area contributed by atoms with E-state index in [-0.39, 0.29) is 0 Å². The van der Waals surface area contributed by atoms with E-state index in [0.29, 0.717) is 13.0 Å². The van der Waals surface area contributed by atoms with Crippen LogP contribution in [0, 0.1) is 0 Å². The molecule has 5 nitrogen and oxygen atoms in total. The molecule has 0 unspecified atom stereocenters. The maximum Gasteiger partial charge on any atom is 0.410 e. The number of nitrogens with zero attached hydrogens (tertiary/aromatic N) is 1. The number of carbonyl (C=O) groups excluding carboxylic acids is 2. The highest BCUT2D eigenvalue weighted by atomic mass is 16.5. The Labute approximate surface area is 70.5 Å². The highest BCUT2D eigenvalue weighted by Crippen LogP contribution is 2.17. The Morgan fingerprint density at radius 2 is 2.25 bits per heavy atom. The average Bonchev–Trinajstić information content (AvgIpc) is 2.50. The SMILES string of the molecule is COC(=O)N1CCC[C@@H]1C(N)=O. The number of likely N-dealkylation sites (tertiary alicyclic amines) is 1. The highest BCUT2D eigenvalue weighted by Gasteiger charge is 2.32. The normalized spacial score (nSPS) is 22.4. The Balaban J connectivity index is 2.63. The maximum atomic E-state index is 11.0. The van der Waals surface area contributed by atoms with E-state index in [0.717, 1.165) is 6.42 Å². The summed E-state index contributed by atoms with van der Waals surface area (Å²) in [5.41, 5.74) is 5.09. The first-order chi connectivity index (χ1) is 5.66. The molecule has 0 spiro atoms. The molecule has 0 aromatic heterocycles. The zero-order valence-corrected chi connectivity index (χ0v) is 6.95. The van der Waals surface area contributed by atoms with Gasteiger partial charge in [-0.05, 0) is 12.8 Å². The van der Waals surface area contributed by atoms with Crippen molar-refractivity contribution in [1.29, 1.82) is 0 Å². The van der Waals surface area contributed by atoms with Gasteiger partial charge in [-0.1, -0.05) is 0 Å². The second-order valence-corrected chi connectivity index (χ2v) is 2.72. The number of amides is 2. The lowest BCUT2D eigenvalue weighted by atomic mass is 10.2.